The predicted molar refractivity (Wildman–Crippen MR) is 63.8 cm³/mol. The number of nitrogens with two attached hydrogens (primary N) is 1. The van der Waals surface area contributed by atoms with E-state index in [4.69, 9.17) is 10.5 Å². The van der Waals surface area contributed by atoms with Crippen LogP contribution in [0.15, 0.2) is 30.3 Å². The van der Waals surface area contributed by atoms with Crippen molar-refractivity contribution >= 4 is 5.97 Å². The number of carbonyl (C=O) groups excluding carboxylic acids is 1. The Morgan fingerprint density at radius 1 is 1.38 bits per heavy atom. The molecule has 0 heterocycles. The molecule has 2 N–H and O–H groups in total. The van der Waals surface area contributed by atoms with Gasteiger partial charge in [-0.3, -0.25) is 4.79 Å². The minimum Gasteiger partial charge on any atom is -0.457 e. The molecule has 0 fully saturated rings. The monoisotopic (exact) mass is 221 g/mol. The van der Waals surface area contributed by atoms with E-state index in [1.54, 1.807) is 0 Å². The largest absolute Gasteiger partial charge is 0.457 e. The second-order valence-corrected chi connectivity index (χ2v) is 3.88. The van der Waals surface area contributed by atoms with Crippen LogP contribution in [0.4, 0.5) is 0 Å². The van der Waals surface area contributed by atoms with Gasteiger partial charge in [0.2, 0.25) is 0 Å². The summed E-state index contributed by atoms with van der Waals surface area (Å²) in [5, 5.41) is 0. The van der Waals surface area contributed by atoms with Gasteiger partial charge >= 0.3 is 5.97 Å². The molecule has 0 amide bonds. The van der Waals surface area contributed by atoms with Crippen LogP contribution in [0.5, 0.6) is 0 Å². The van der Waals surface area contributed by atoms with Gasteiger partial charge < -0.3 is 10.5 Å². The van der Waals surface area contributed by atoms with Crippen molar-refractivity contribution < 1.29 is 9.53 Å². The predicted octanol–water partition coefficient (Wildman–Crippen LogP) is 2.42. The van der Waals surface area contributed by atoms with Gasteiger partial charge in [-0.1, -0.05) is 43.7 Å². The Kier molecular flexibility index (Phi) is 4.99. The van der Waals surface area contributed by atoms with Gasteiger partial charge in [-0.15, -0.1) is 0 Å². The van der Waals surface area contributed by atoms with Crippen molar-refractivity contribution in [1.29, 1.82) is 0 Å². The lowest BCUT2D eigenvalue weighted by molar-refractivity contribution is -0.150. The van der Waals surface area contributed by atoms with Crippen LogP contribution in [-0.2, 0) is 9.53 Å². The van der Waals surface area contributed by atoms with E-state index >= 15 is 0 Å². The molecule has 0 aliphatic rings. The summed E-state index contributed by atoms with van der Waals surface area (Å²) in [4.78, 5) is 11.6. The smallest absolute Gasteiger partial charge is 0.323 e. The molecule has 0 bridgehead atoms. The van der Waals surface area contributed by atoms with E-state index in [1.165, 1.54) is 0 Å². The molecule has 0 aromatic heterocycles. The summed E-state index contributed by atoms with van der Waals surface area (Å²) in [6, 6.07) is 9.14. The van der Waals surface area contributed by atoms with Crippen LogP contribution in [0.3, 0.4) is 0 Å². The minimum atomic E-state index is -0.504. The first-order chi connectivity index (χ1) is 7.65. The highest BCUT2D eigenvalue weighted by Crippen LogP contribution is 2.16. The number of esters is 1. The first kappa shape index (κ1) is 12.7. The summed E-state index contributed by atoms with van der Waals surface area (Å²) in [5.74, 6) is -0.321. The lowest BCUT2D eigenvalue weighted by Gasteiger charge is -2.16. The van der Waals surface area contributed by atoms with E-state index in [9.17, 15) is 4.79 Å². The Balaban J connectivity index is 2.51. The number of carbonyl (C=O) groups is 1. The molecule has 88 valence electrons. The Morgan fingerprint density at radius 3 is 2.56 bits per heavy atom. The van der Waals surface area contributed by atoms with Gasteiger partial charge in [0.15, 0.2) is 0 Å². The lowest BCUT2D eigenvalue weighted by Crippen LogP contribution is -2.32. The van der Waals surface area contributed by atoms with Crippen LogP contribution >= 0.6 is 0 Å². The Bertz CT molecular complexity index is 324. The van der Waals surface area contributed by atoms with E-state index in [-0.39, 0.29) is 12.1 Å². The second-order valence-electron chi connectivity index (χ2n) is 3.88. The fourth-order valence-electron chi connectivity index (χ4n) is 1.48. The molecule has 1 aromatic carbocycles. The summed E-state index contributed by atoms with van der Waals surface area (Å²) >= 11 is 0. The fourth-order valence-corrected chi connectivity index (χ4v) is 1.48. The normalized spacial score (nSPS) is 14.2. The summed E-state index contributed by atoms with van der Waals surface area (Å²) in [6.45, 7) is 3.85. The van der Waals surface area contributed by atoms with Crippen molar-refractivity contribution in [3.05, 3.63) is 35.9 Å². The van der Waals surface area contributed by atoms with Crippen molar-refractivity contribution in [3.63, 3.8) is 0 Å². The Morgan fingerprint density at radius 2 is 2.00 bits per heavy atom. The number of ether oxygens (including phenoxy) is 1. The second kappa shape index (κ2) is 6.28. The minimum absolute atomic E-state index is 0.239. The third-order valence-corrected chi connectivity index (χ3v) is 2.46. The molecule has 0 saturated carbocycles. The van der Waals surface area contributed by atoms with Gasteiger partial charge in [0, 0.05) is 0 Å². The maximum absolute atomic E-state index is 11.6. The zero-order chi connectivity index (χ0) is 12.0. The summed E-state index contributed by atoms with van der Waals surface area (Å²) < 4.78 is 5.29. The lowest BCUT2D eigenvalue weighted by atomic mass is 10.1. The van der Waals surface area contributed by atoms with Crippen LogP contribution in [0.1, 0.15) is 38.4 Å². The molecule has 2 atom stereocenters. The number of benzene rings is 1. The van der Waals surface area contributed by atoms with Crippen LogP contribution in [-0.4, -0.2) is 12.0 Å². The maximum Gasteiger partial charge on any atom is 0.323 e. The van der Waals surface area contributed by atoms with Gasteiger partial charge in [0.05, 0.1) is 0 Å². The van der Waals surface area contributed by atoms with E-state index in [0.717, 1.165) is 12.0 Å². The first-order valence-corrected chi connectivity index (χ1v) is 5.66. The van der Waals surface area contributed by atoms with Gasteiger partial charge in [-0.2, -0.15) is 0 Å². The quantitative estimate of drug-likeness (QED) is 0.777. The number of rotatable bonds is 5. The molecular formula is C13H19NO2. The van der Waals surface area contributed by atoms with Gasteiger partial charge in [-0.05, 0) is 18.9 Å². The third-order valence-electron chi connectivity index (χ3n) is 2.46. The van der Waals surface area contributed by atoms with E-state index < -0.39 is 6.04 Å². The maximum atomic E-state index is 11.6. The topological polar surface area (TPSA) is 52.3 Å². The SMILES string of the molecule is CCC[C@@H](N)C(=O)OC(C)c1ccccc1. The van der Waals surface area contributed by atoms with E-state index in [2.05, 4.69) is 0 Å². The molecule has 0 spiro atoms. The molecular weight excluding hydrogens is 202 g/mol. The average molecular weight is 221 g/mol. The highest BCUT2D eigenvalue weighted by Gasteiger charge is 2.17. The highest BCUT2D eigenvalue weighted by molar-refractivity contribution is 5.75. The fraction of sp³-hybridized carbons (Fsp3) is 0.462. The van der Waals surface area contributed by atoms with E-state index in [1.807, 2.05) is 44.2 Å². The van der Waals surface area contributed by atoms with Crippen molar-refractivity contribution in [3.8, 4) is 0 Å². The molecule has 1 aromatic rings. The summed E-state index contributed by atoms with van der Waals surface area (Å²) in [5.41, 5.74) is 6.67. The molecule has 16 heavy (non-hydrogen) atoms. The van der Waals surface area contributed by atoms with Crippen LogP contribution < -0.4 is 5.73 Å². The van der Waals surface area contributed by atoms with Crippen molar-refractivity contribution in [2.45, 2.75) is 38.8 Å². The van der Waals surface area contributed by atoms with Gasteiger partial charge in [-0.25, -0.2) is 0 Å². The van der Waals surface area contributed by atoms with Crippen LogP contribution in [0, 0.1) is 0 Å². The summed E-state index contributed by atoms with van der Waals surface area (Å²) in [7, 11) is 0. The molecule has 1 unspecified atom stereocenters. The van der Waals surface area contributed by atoms with E-state index in [0.29, 0.717) is 6.42 Å². The van der Waals surface area contributed by atoms with Gasteiger partial charge in [0.1, 0.15) is 12.1 Å². The zero-order valence-electron chi connectivity index (χ0n) is 9.85. The van der Waals surface area contributed by atoms with Crippen molar-refractivity contribution in [2.75, 3.05) is 0 Å². The first-order valence-electron chi connectivity index (χ1n) is 5.66. The molecule has 0 radical (unpaired) electrons. The van der Waals surface area contributed by atoms with Crippen molar-refractivity contribution in [2.24, 2.45) is 5.73 Å². The average Bonchev–Trinajstić information content (AvgIpc) is 2.30. The zero-order valence-corrected chi connectivity index (χ0v) is 9.85. The number of hydrogen-bond acceptors (Lipinski definition) is 3. The number of hydrogen-bond donors (Lipinski definition) is 1. The molecule has 3 heteroatoms. The Hall–Kier alpha value is -1.35. The molecule has 0 aliphatic carbocycles. The molecule has 0 aliphatic heterocycles. The van der Waals surface area contributed by atoms with Crippen molar-refractivity contribution in [1.82, 2.24) is 0 Å². The highest BCUT2D eigenvalue weighted by atomic mass is 16.5. The molecule has 1 rings (SSSR count). The van der Waals surface area contributed by atoms with Gasteiger partial charge in [0.25, 0.3) is 0 Å². The summed E-state index contributed by atoms with van der Waals surface area (Å²) in [6.07, 6.45) is 1.31. The molecule has 0 saturated heterocycles. The third kappa shape index (κ3) is 3.66. The Labute approximate surface area is 96.6 Å². The molecule has 3 nitrogen and oxygen atoms in total. The van der Waals surface area contributed by atoms with Crippen LogP contribution in [0.25, 0.3) is 0 Å². The van der Waals surface area contributed by atoms with Crippen LogP contribution in [0.2, 0.25) is 0 Å². The standard InChI is InChI=1S/C13H19NO2/c1-3-7-12(14)13(15)16-10(2)11-8-5-4-6-9-11/h4-6,8-10,12H,3,7,14H2,1-2H3/t10?,12-/m1/s1.